The number of aliphatic carboxylic acids is 1. The van der Waals surface area contributed by atoms with E-state index < -0.39 is 21.8 Å². The van der Waals surface area contributed by atoms with Crippen LogP contribution in [0.1, 0.15) is 33.1 Å². The van der Waals surface area contributed by atoms with Crippen molar-refractivity contribution >= 4 is 15.8 Å². The van der Waals surface area contributed by atoms with Crippen LogP contribution in [0.3, 0.4) is 0 Å². The largest absolute Gasteiger partial charge is 0.480 e. The van der Waals surface area contributed by atoms with Crippen LogP contribution in [-0.2, 0) is 14.6 Å². The molecule has 0 aromatic heterocycles. The van der Waals surface area contributed by atoms with E-state index in [-0.39, 0.29) is 23.5 Å². The second kappa shape index (κ2) is 5.82. The minimum atomic E-state index is -2.99. The maximum Gasteiger partial charge on any atom is 0.320 e. The number of sulfone groups is 1. The van der Waals surface area contributed by atoms with Crippen LogP contribution in [0, 0.1) is 5.92 Å². The maximum atomic E-state index is 11.4. The molecule has 0 saturated carbocycles. The maximum absolute atomic E-state index is 11.4. The van der Waals surface area contributed by atoms with Crippen LogP contribution in [0.2, 0.25) is 0 Å². The number of carboxylic acids is 1. The Hall–Kier alpha value is -0.620. The summed E-state index contributed by atoms with van der Waals surface area (Å²) in [4.78, 5) is 11.1. The molecule has 0 radical (unpaired) electrons. The van der Waals surface area contributed by atoms with Gasteiger partial charge in [0.25, 0.3) is 0 Å². The monoisotopic (exact) mass is 263 g/mol. The summed E-state index contributed by atoms with van der Waals surface area (Å²) >= 11 is 0. The summed E-state index contributed by atoms with van der Waals surface area (Å²) in [5.41, 5.74) is 0. The van der Waals surface area contributed by atoms with Crippen molar-refractivity contribution < 1.29 is 18.3 Å². The highest BCUT2D eigenvalue weighted by atomic mass is 32.2. The van der Waals surface area contributed by atoms with Gasteiger partial charge in [0.1, 0.15) is 6.04 Å². The molecule has 0 aromatic carbocycles. The van der Waals surface area contributed by atoms with Crippen molar-refractivity contribution in [2.24, 2.45) is 5.92 Å². The van der Waals surface area contributed by atoms with Gasteiger partial charge in [0, 0.05) is 6.04 Å². The third-order valence-corrected chi connectivity index (χ3v) is 4.73. The predicted octanol–water partition coefficient (Wildman–Crippen LogP) is 0.653. The lowest BCUT2D eigenvalue weighted by Gasteiger charge is -2.27. The standard InChI is InChI=1S/C11H21NO4S/c1-8(2)6-10(11(13)14)12-9-4-3-5-17(15,16)7-9/h8-10,12H,3-7H2,1-2H3,(H,13,14). The van der Waals surface area contributed by atoms with Crippen LogP contribution >= 0.6 is 0 Å². The number of hydrogen-bond donors (Lipinski definition) is 2. The average molecular weight is 263 g/mol. The number of nitrogens with one attached hydrogen (secondary N) is 1. The zero-order valence-corrected chi connectivity index (χ0v) is 11.2. The van der Waals surface area contributed by atoms with Crippen molar-refractivity contribution in [3.8, 4) is 0 Å². The Kier molecular flexibility index (Phi) is 4.94. The molecule has 1 saturated heterocycles. The summed E-state index contributed by atoms with van der Waals surface area (Å²) < 4.78 is 22.9. The van der Waals surface area contributed by atoms with E-state index in [4.69, 9.17) is 5.11 Å². The van der Waals surface area contributed by atoms with Crippen LogP contribution in [0.25, 0.3) is 0 Å². The number of carbonyl (C=O) groups is 1. The van der Waals surface area contributed by atoms with Crippen LogP contribution in [0.4, 0.5) is 0 Å². The van der Waals surface area contributed by atoms with E-state index in [1.54, 1.807) is 0 Å². The lowest BCUT2D eigenvalue weighted by Crippen LogP contribution is -2.48. The fraction of sp³-hybridized carbons (Fsp3) is 0.909. The molecule has 1 heterocycles. The fourth-order valence-electron chi connectivity index (χ4n) is 2.15. The van der Waals surface area contributed by atoms with Crippen molar-refractivity contribution in [2.45, 2.75) is 45.2 Å². The second-order valence-electron chi connectivity index (χ2n) is 5.14. The summed E-state index contributed by atoms with van der Waals surface area (Å²) in [6.45, 7) is 3.91. The minimum absolute atomic E-state index is 0.0644. The molecule has 0 spiro atoms. The Balaban J connectivity index is 2.58. The molecular formula is C11H21NO4S. The van der Waals surface area contributed by atoms with Gasteiger partial charge in [-0.2, -0.15) is 0 Å². The molecular weight excluding hydrogens is 242 g/mol. The Morgan fingerprint density at radius 3 is 2.59 bits per heavy atom. The van der Waals surface area contributed by atoms with Crippen LogP contribution < -0.4 is 5.32 Å². The van der Waals surface area contributed by atoms with Crippen LogP contribution in [0.5, 0.6) is 0 Å². The average Bonchev–Trinajstić information content (AvgIpc) is 2.14. The number of rotatable bonds is 5. The molecule has 17 heavy (non-hydrogen) atoms. The van der Waals surface area contributed by atoms with E-state index in [0.717, 1.165) is 6.42 Å². The zero-order chi connectivity index (χ0) is 13.1. The molecule has 1 aliphatic heterocycles. The van der Waals surface area contributed by atoms with Gasteiger partial charge < -0.3 is 10.4 Å². The van der Waals surface area contributed by atoms with Gasteiger partial charge in [-0.1, -0.05) is 13.8 Å². The molecule has 0 aromatic rings. The van der Waals surface area contributed by atoms with E-state index in [1.165, 1.54) is 0 Å². The van der Waals surface area contributed by atoms with Crippen LogP contribution in [0.15, 0.2) is 0 Å². The smallest absolute Gasteiger partial charge is 0.320 e. The first-order chi connectivity index (χ1) is 7.80. The molecule has 1 fully saturated rings. The third kappa shape index (κ3) is 5.04. The van der Waals surface area contributed by atoms with E-state index in [1.807, 2.05) is 13.8 Å². The molecule has 6 heteroatoms. The highest BCUT2D eigenvalue weighted by Gasteiger charge is 2.28. The quantitative estimate of drug-likeness (QED) is 0.761. The lowest BCUT2D eigenvalue weighted by molar-refractivity contribution is -0.140. The fourth-order valence-corrected chi connectivity index (χ4v) is 3.80. The number of hydrogen-bond acceptors (Lipinski definition) is 4. The Morgan fingerprint density at radius 2 is 2.12 bits per heavy atom. The van der Waals surface area contributed by atoms with Crippen molar-refractivity contribution in [3.05, 3.63) is 0 Å². The summed E-state index contributed by atoms with van der Waals surface area (Å²) in [7, 11) is -2.99. The van der Waals surface area contributed by atoms with Gasteiger partial charge in [0.2, 0.25) is 0 Å². The van der Waals surface area contributed by atoms with Crippen molar-refractivity contribution in [1.29, 1.82) is 0 Å². The Morgan fingerprint density at radius 1 is 1.47 bits per heavy atom. The topological polar surface area (TPSA) is 83.5 Å². The van der Waals surface area contributed by atoms with Gasteiger partial charge >= 0.3 is 5.97 Å². The summed E-state index contributed by atoms with van der Waals surface area (Å²) in [6, 6.07) is -0.859. The first kappa shape index (κ1) is 14.4. The van der Waals surface area contributed by atoms with Crippen molar-refractivity contribution in [3.63, 3.8) is 0 Å². The first-order valence-corrected chi connectivity index (χ1v) is 7.81. The highest BCUT2D eigenvalue weighted by molar-refractivity contribution is 7.91. The Labute approximate surface area is 103 Å². The normalized spacial score (nSPS) is 25.7. The van der Waals surface area contributed by atoms with Gasteiger partial charge in [-0.15, -0.1) is 0 Å². The summed E-state index contributed by atoms with van der Waals surface area (Å²) in [5.74, 6) is -0.340. The zero-order valence-electron chi connectivity index (χ0n) is 10.3. The molecule has 0 bridgehead atoms. The molecule has 1 rings (SSSR count). The third-order valence-electron chi connectivity index (χ3n) is 2.91. The summed E-state index contributed by atoms with van der Waals surface area (Å²) in [5, 5.41) is 12.0. The SMILES string of the molecule is CC(C)CC(NC1CCCS(=O)(=O)C1)C(=O)O. The molecule has 100 valence electrons. The van der Waals surface area contributed by atoms with Gasteiger partial charge in [-0.25, -0.2) is 8.42 Å². The molecule has 0 amide bonds. The van der Waals surface area contributed by atoms with E-state index in [0.29, 0.717) is 12.8 Å². The van der Waals surface area contributed by atoms with Gasteiger partial charge in [-0.3, -0.25) is 4.79 Å². The van der Waals surface area contributed by atoms with Gasteiger partial charge in [0.05, 0.1) is 11.5 Å². The molecule has 2 N–H and O–H groups in total. The number of carboxylic acid groups (broad SMARTS) is 1. The molecule has 1 aliphatic rings. The van der Waals surface area contributed by atoms with Gasteiger partial charge in [0.15, 0.2) is 9.84 Å². The second-order valence-corrected chi connectivity index (χ2v) is 7.37. The summed E-state index contributed by atoms with van der Waals surface area (Å²) in [6.07, 6.45) is 1.88. The molecule has 5 nitrogen and oxygen atoms in total. The van der Waals surface area contributed by atoms with Crippen LogP contribution in [-0.4, -0.2) is 43.1 Å². The lowest BCUT2D eigenvalue weighted by atomic mass is 10.0. The van der Waals surface area contributed by atoms with Crippen molar-refractivity contribution in [1.82, 2.24) is 5.32 Å². The Bertz CT molecular complexity index is 364. The van der Waals surface area contributed by atoms with E-state index >= 15 is 0 Å². The molecule has 2 atom stereocenters. The molecule has 2 unspecified atom stereocenters. The minimum Gasteiger partial charge on any atom is -0.480 e. The first-order valence-electron chi connectivity index (χ1n) is 5.99. The predicted molar refractivity (Wildman–Crippen MR) is 65.7 cm³/mol. The van der Waals surface area contributed by atoms with Crippen molar-refractivity contribution in [2.75, 3.05) is 11.5 Å². The van der Waals surface area contributed by atoms with E-state index in [2.05, 4.69) is 5.32 Å². The van der Waals surface area contributed by atoms with Gasteiger partial charge in [-0.05, 0) is 25.2 Å². The highest BCUT2D eigenvalue weighted by Crippen LogP contribution is 2.14. The van der Waals surface area contributed by atoms with E-state index in [9.17, 15) is 13.2 Å². The molecule has 0 aliphatic carbocycles.